The molecule has 3 N–H and O–H groups in total. The number of anilines is 1. The Morgan fingerprint density at radius 2 is 1.72 bits per heavy atom. The average molecular weight is 242 g/mol. The summed E-state index contributed by atoms with van der Waals surface area (Å²) in [7, 11) is 0. The molecule has 0 fully saturated rings. The van der Waals surface area contributed by atoms with Gasteiger partial charge in [0.25, 0.3) is 0 Å². The third-order valence-corrected chi connectivity index (χ3v) is 2.53. The molecule has 0 aromatic heterocycles. The molecule has 1 unspecified atom stereocenters. The molecule has 0 radical (unpaired) electrons. The zero-order valence-electron chi connectivity index (χ0n) is 9.73. The molecule has 4 nitrogen and oxygen atoms in total. The van der Waals surface area contributed by atoms with Crippen LogP contribution in [0, 0.1) is 0 Å². The molecule has 0 amide bonds. The number of aliphatic imine (C=N–C) groups is 1. The fraction of sp³-hybridized carbons (Fsp3) is 0.0714. The van der Waals surface area contributed by atoms with Crippen molar-refractivity contribution >= 4 is 17.6 Å². The van der Waals surface area contributed by atoms with Gasteiger partial charge in [-0.25, -0.2) is 4.89 Å². The van der Waals surface area contributed by atoms with Crippen LogP contribution in [0.5, 0.6) is 0 Å². The van der Waals surface area contributed by atoms with Gasteiger partial charge in [0.15, 0.2) is 6.10 Å². The highest BCUT2D eigenvalue weighted by molar-refractivity contribution is 5.74. The number of nitrogens with two attached hydrogens (primary N) is 1. The van der Waals surface area contributed by atoms with Crippen molar-refractivity contribution in [3.05, 3.63) is 60.2 Å². The fourth-order valence-corrected chi connectivity index (χ4v) is 1.57. The van der Waals surface area contributed by atoms with E-state index in [0.29, 0.717) is 11.4 Å². The molecule has 0 saturated heterocycles. The van der Waals surface area contributed by atoms with Crippen LogP contribution < -0.4 is 5.73 Å². The lowest BCUT2D eigenvalue weighted by molar-refractivity contribution is -0.261. The molecule has 2 aromatic carbocycles. The van der Waals surface area contributed by atoms with Crippen LogP contribution in [0.25, 0.3) is 0 Å². The monoisotopic (exact) mass is 242 g/mol. The van der Waals surface area contributed by atoms with Gasteiger partial charge in [-0.05, 0) is 17.7 Å². The highest BCUT2D eigenvalue weighted by Gasteiger charge is 2.08. The molecule has 0 aliphatic heterocycles. The average Bonchev–Trinajstić information content (AvgIpc) is 2.42. The zero-order chi connectivity index (χ0) is 12.8. The number of benzene rings is 2. The number of nitrogen functional groups attached to an aromatic ring is 1. The normalized spacial score (nSPS) is 12.7. The van der Waals surface area contributed by atoms with Crippen LogP contribution in [0.15, 0.2) is 59.6 Å². The maximum atomic E-state index is 8.90. The van der Waals surface area contributed by atoms with Crippen LogP contribution in [0.2, 0.25) is 0 Å². The van der Waals surface area contributed by atoms with Crippen LogP contribution in [-0.4, -0.2) is 11.5 Å². The lowest BCUT2D eigenvalue weighted by Crippen LogP contribution is -2.02. The smallest absolute Gasteiger partial charge is 0.153 e. The van der Waals surface area contributed by atoms with Crippen LogP contribution in [0.1, 0.15) is 11.7 Å². The molecular formula is C14H14N2O2. The predicted molar refractivity (Wildman–Crippen MR) is 71.9 cm³/mol. The van der Waals surface area contributed by atoms with Crippen molar-refractivity contribution < 1.29 is 10.1 Å². The van der Waals surface area contributed by atoms with Gasteiger partial charge in [0.2, 0.25) is 0 Å². The van der Waals surface area contributed by atoms with E-state index < -0.39 is 6.10 Å². The van der Waals surface area contributed by atoms with Gasteiger partial charge in [0, 0.05) is 6.21 Å². The van der Waals surface area contributed by atoms with Gasteiger partial charge >= 0.3 is 0 Å². The zero-order valence-corrected chi connectivity index (χ0v) is 9.73. The summed E-state index contributed by atoms with van der Waals surface area (Å²) in [6, 6.07) is 16.6. The third-order valence-electron chi connectivity index (χ3n) is 2.53. The molecule has 2 rings (SSSR count). The van der Waals surface area contributed by atoms with E-state index in [2.05, 4.69) is 9.88 Å². The lowest BCUT2D eigenvalue weighted by atomic mass is 10.1. The Morgan fingerprint density at radius 1 is 1.06 bits per heavy atom. The van der Waals surface area contributed by atoms with Crippen molar-refractivity contribution in [2.75, 3.05) is 5.73 Å². The Hall–Kier alpha value is -2.17. The van der Waals surface area contributed by atoms with Crippen molar-refractivity contribution in [2.24, 2.45) is 4.99 Å². The van der Waals surface area contributed by atoms with E-state index in [1.54, 1.807) is 12.1 Å². The first-order valence-electron chi connectivity index (χ1n) is 5.55. The number of nitrogens with zero attached hydrogens (tertiary/aromatic N) is 1. The van der Waals surface area contributed by atoms with Gasteiger partial charge in [-0.2, -0.15) is 0 Å². The van der Waals surface area contributed by atoms with Crippen molar-refractivity contribution in [3.63, 3.8) is 0 Å². The number of hydrogen-bond donors (Lipinski definition) is 2. The highest BCUT2D eigenvalue weighted by Crippen LogP contribution is 2.22. The van der Waals surface area contributed by atoms with E-state index >= 15 is 0 Å². The Balaban J connectivity index is 2.19. The summed E-state index contributed by atoms with van der Waals surface area (Å²) < 4.78 is 0. The molecular weight excluding hydrogens is 228 g/mol. The maximum Gasteiger partial charge on any atom is 0.153 e. The summed E-state index contributed by atoms with van der Waals surface area (Å²) in [5.41, 5.74) is 7.82. The molecule has 92 valence electrons. The largest absolute Gasteiger partial charge is 0.397 e. The van der Waals surface area contributed by atoms with Gasteiger partial charge in [0.1, 0.15) is 0 Å². The predicted octanol–water partition coefficient (Wildman–Crippen LogP) is 3.20. The second-order valence-corrected chi connectivity index (χ2v) is 3.77. The standard InChI is InChI=1S/C14H14N2O2/c15-12-8-4-5-9-13(12)16-10-14(18-17)11-6-2-1-3-7-11/h1-10,14,17H,15H2. The van der Waals surface area contributed by atoms with Crippen molar-refractivity contribution in [1.82, 2.24) is 0 Å². The van der Waals surface area contributed by atoms with Gasteiger partial charge in [-0.1, -0.05) is 42.5 Å². The first-order valence-corrected chi connectivity index (χ1v) is 5.55. The Kier molecular flexibility index (Phi) is 4.06. The van der Waals surface area contributed by atoms with Gasteiger partial charge in [-0.3, -0.25) is 10.2 Å². The van der Waals surface area contributed by atoms with Crippen LogP contribution >= 0.6 is 0 Å². The molecule has 0 heterocycles. The number of para-hydroxylation sites is 2. The van der Waals surface area contributed by atoms with E-state index in [4.69, 9.17) is 11.0 Å². The summed E-state index contributed by atoms with van der Waals surface area (Å²) in [6.07, 6.45) is 0.909. The molecule has 4 heteroatoms. The first-order chi connectivity index (χ1) is 8.81. The molecule has 0 spiro atoms. The van der Waals surface area contributed by atoms with Crippen molar-refractivity contribution in [1.29, 1.82) is 0 Å². The van der Waals surface area contributed by atoms with E-state index in [1.807, 2.05) is 42.5 Å². The summed E-state index contributed by atoms with van der Waals surface area (Å²) in [5.74, 6) is 0. The molecule has 0 aliphatic carbocycles. The Bertz CT molecular complexity index is 526. The summed E-state index contributed by atoms with van der Waals surface area (Å²) in [4.78, 5) is 8.63. The number of hydrogen-bond acceptors (Lipinski definition) is 4. The fourth-order valence-electron chi connectivity index (χ4n) is 1.57. The molecule has 0 saturated carbocycles. The topological polar surface area (TPSA) is 67.8 Å². The second-order valence-electron chi connectivity index (χ2n) is 3.77. The van der Waals surface area contributed by atoms with E-state index in [1.165, 1.54) is 6.21 Å². The van der Waals surface area contributed by atoms with Crippen molar-refractivity contribution in [2.45, 2.75) is 6.10 Å². The molecule has 18 heavy (non-hydrogen) atoms. The summed E-state index contributed by atoms with van der Waals surface area (Å²) in [5, 5.41) is 8.90. The minimum Gasteiger partial charge on any atom is -0.397 e. The molecule has 1 atom stereocenters. The second kappa shape index (κ2) is 5.95. The molecule has 0 aliphatic rings. The van der Waals surface area contributed by atoms with Crippen molar-refractivity contribution in [3.8, 4) is 0 Å². The van der Waals surface area contributed by atoms with E-state index in [9.17, 15) is 0 Å². The molecule has 0 bridgehead atoms. The maximum absolute atomic E-state index is 8.90. The quantitative estimate of drug-likeness (QED) is 0.374. The summed E-state index contributed by atoms with van der Waals surface area (Å²) >= 11 is 0. The minimum absolute atomic E-state index is 0.582. The van der Waals surface area contributed by atoms with Gasteiger partial charge in [0.05, 0.1) is 11.4 Å². The highest BCUT2D eigenvalue weighted by atomic mass is 17.1. The van der Waals surface area contributed by atoms with Gasteiger partial charge in [-0.15, -0.1) is 0 Å². The first kappa shape index (κ1) is 12.3. The SMILES string of the molecule is Nc1ccccc1N=CC(OO)c1ccccc1. The van der Waals surface area contributed by atoms with Crippen LogP contribution in [0.3, 0.4) is 0 Å². The van der Waals surface area contributed by atoms with E-state index in [0.717, 1.165) is 5.56 Å². The summed E-state index contributed by atoms with van der Waals surface area (Å²) in [6.45, 7) is 0. The number of rotatable bonds is 4. The van der Waals surface area contributed by atoms with Crippen LogP contribution in [0.4, 0.5) is 11.4 Å². The molecule has 2 aromatic rings. The minimum atomic E-state index is -0.606. The Morgan fingerprint density at radius 3 is 2.39 bits per heavy atom. The lowest BCUT2D eigenvalue weighted by Gasteiger charge is -2.08. The Labute approximate surface area is 105 Å². The van der Waals surface area contributed by atoms with Crippen LogP contribution in [-0.2, 0) is 4.89 Å². The van der Waals surface area contributed by atoms with E-state index in [-0.39, 0.29) is 0 Å². The third kappa shape index (κ3) is 2.94. The van der Waals surface area contributed by atoms with Gasteiger partial charge < -0.3 is 5.73 Å².